The van der Waals surface area contributed by atoms with Crippen LogP contribution in [0.25, 0.3) is 5.52 Å². The van der Waals surface area contributed by atoms with E-state index in [1.165, 1.54) is 13.3 Å². The minimum Gasteiger partial charge on any atom is -0.465 e. The molecule has 1 N–H and O–H groups in total. The monoisotopic (exact) mass is 218 g/mol. The third-order valence-electron chi connectivity index (χ3n) is 2.32. The molecule has 0 aromatic carbocycles. The van der Waals surface area contributed by atoms with E-state index in [4.69, 9.17) is 5.21 Å². The molecule has 5 nitrogen and oxygen atoms in total. The summed E-state index contributed by atoms with van der Waals surface area (Å²) < 4.78 is 6.42. The number of oxime groups is 1. The number of ether oxygens (including phenoxy) is 1. The highest BCUT2D eigenvalue weighted by Crippen LogP contribution is 2.15. The molecule has 2 heterocycles. The molecule has 82 valence electrons. The molecule has 5 heteroatoms. The Morgan fingerprint density at radius 3 is 3.00 bits per heavy atom. The molecule has 2 aromatic rings. The van der Waals surface area contributed by atoms with Crippen molar-refractivity contribution in [2.75, 3.05) is 7.11 Å². The van der Waals surface area contributed by atoms with Gasteiger partial charge in [-0.15, -0.1) is 0 Å². The van der Waals surface area contributed by atoms with E-state index in [1.54, 1.807) is 34.9 Å². The third kappa shape index (κ3) is 1.52. The van der Waals surface area contributed by atoms with Crippen LogP contribution in [-0.2, 0) is 4.74 Å². The van der Waals surface area contributed by atoms with Crippen LogP contribution in [0.2, 0.25) is 0 Å². The van der Waals surface area contributed by atoms with Crippen LogP contribution in [0.5, 0.6) is 0 Å². The summed E-state index contributed by atoms with van der Waals surface area (Å²) in [5, 5.41) is 11.5. The van der Waals surface area contributed by atoms with Gasteiger partial charge in [0.1, 0.15) is 0 Å². The Balaban J connectivity index is 2.68. The first-order valence-electron chi connectivity index (χ1n) is 4.63. The van der Waals surface area contributed by atoms with Crippen molar-refractivity contribution in [2.45, 2.75) is 0 Å². The molecular formula is C11H10N2O3. The molecule has 0 aliphatic rings. The number of nitrogens with zero attached hydrogens (tertiary/aromatic N) is 2. The van der Waals surface area contributed by atoms with Crippen molar-refractivity contribution in [3.8, 4) is 0 Å². The first kappa shape index (κ1) is 10.2. The van der Waals surface area contributed by atoms with Gasteiger partial charge in [-0.2, -0.15) is 0 Å². The average molecular weight is 218 g/mol. The van der Waals surface area contributed by atoms with Crippen molar-refractivity contribution >= 4 is 17.7 Å². The van der Waals surface area contributed by atoms with Crippen molar-refractivity contribution in [3.05, 3.63) is 41.7 Å². The average Bonchev–Trinajstić information content (AvgIpc) is 2.78. The zero-order valence-corrected chi connectivity index (χ0v) is 8.62. The second kappa shape index (κ2) is 4.06. The SMILES string of the molecule is COC(=O)c1ccc(C=NO)n2cccc12. The number of esters is 1. The quantitative estimate of drug-likeness (QED) is 0.360. The maximum Gasteiger partial charge on any atom is 0.339 e. The molecular weight excluding hydrogens is 208 g/mol. The Morgan fingerprint density at radius 2 is 2.31 bits per heavy atom. The minimum absolute atomic E-state index is 0.392. The van der Waals surface area contributed by atoms with Gasteiger partial charge in [0.05, 0.1) is 30.1 Å². The van der Waals surface area contributed by atoms with Crippen LogP contribution >= 0.6 is 0 Å². The smallest absolute Gasteiger partial charge is 0.339 e. The molecule has 0 aliphatic heterocycles. The molecule has 0 radical (unpaired) electrons. The molecule has 0 saturated carbocycles. The van der Waals surface area contributed by atoms with Gasteiger partial charge < -0.3 is 14.3 Å². The van der Waals surface area contributed by atoms with E-state index in [0.29, 0.717) is 16.8 Å². The number of fused-ring (bicyclic) bond motifs is 1. The highest BCUT2D eigenvalue weighted by molar-refractivity contribution is 5.98. The maximum absolute atomic E-state index is 11.5. The van der Waals surface area contributed by atoms with Gasteiger partial charge >= 0.3 is 5.97 Å². The predicted octanol–water partition coefficient (Wildman–Crippen LogP) is 1.53. The van der Waals surface area contributed by atoms with E-state index >= 15 is 0 Å². The molecule has 0 saturated heterocycles. The summed E-state index contributed by atoms with van der Waals surface area (Å²) in [5.41, 5.74) is 1.86. The van der Waals surface area contributed by atoms with E-state index in [0.717, 1.165) is 0 Å². The highest BCUT2D eigenvalue weighted by Gasteiger charge is 2.11. The molecule has 0 unspecified atom stereocenters. The van der Waals surface area contributed by atoms with Crippen molar-refractivity contribution in [1.82, 2.24) is 4.40 Å². The Labute approximate surface area is 91.6 Å². The van der Waals surface area contributed by atoms with Crippen LogP contribution in [0.15, 0.2) is 35.6 Å². The van der Waals surface area contributed by atoms with Crippen LogP contribution in [-0.4, -0.2) is 28.9 Å². The number of carbonyl (C=O) groups excluding carboxylic acids is 1. The number of hydrogen-bond acceptors (Lipinski definition) is 4. The summed E-state index contributed by atoms with van der Waals surface area (Å²) in [6.45, 7) is 0. The number of carbonyl (C=O) groups is 1. The normalized spacial score (nSPS) is 11.1. The molecule has 16 heavy (non-hydrogen) atoms. The summed E-state index contributed by atoms with van der Waals surface area (Å²) in [6.07, 6.45) is 3.08. The van der Waals surface area contributed by atoms with E-state index in [9.17, 15) is 4.79 Å². The van der Waals surface area contributed by atoms with Crippen LogP contribution in [0, 0.1) is 0 Å². The number of rotatable bonds is 2. The van der Waals surface area contributed by atoms with Crippen LogP contribution in [0.4, 0.5) is 0 Å². The number of hydrogen-bond donors (Lipinski definition) is 1. The molecule has 2 rings (SSSR count). The summed E-state index contributed by atoms with van der Waals surface area (Å²) in [7, 11) is 1.34. The van der Waals surface area contributed by atoms with E-state index in [2.05, 4.69) is 9.89 Å². The largest absolute Gasteiger partial charge is 0.465 e. The van der Waals surface area contributed by atoms with Crippen LogP contribution in [0.1, 0.15) is 16.1 Å². The Hall–Kier alpha value is -2.30. The van der Waals surface area contributed by atoms with Gasteiger partial charge in [0.25, 0.3) is 0 Å². The summed E-state index contributed by atoms with van der Waals surface area (Å²) in [4.78, 5) is 11.5. The maximum atomic E-state index is 11.5. The predicted molar refractivity (Wildman–Crippen MR) is 58.1 cm³/mol. The lowest BCUT2D eigenvalue weighted by molar-refractivity contribution is 0.0602. The molecule has 0 atom stereocenters. The number of methoxy groups -OCH3 is 1. The second-order valence-electron chi connectivity index (χ2n) is 3.17. The first-order valence-corrected chi connectivity index (χ1v) is 4.63. The van der Waals surface area contributed by atoms with Gasteiger partial charge in [-0.3, -0.25) is 0 Å². The topological polar surface area (TPSA) is 63.3 Å². The van der Waals surface area contributed by atoms with E-state index in [-0.39, 0.29) is 0 Å². The van der Waals surface area contributed by atoms with Gasteiger partial charge in [-0.25, -0.2) is 4.79 Å². The van der Waals surface area contributed by atoms with Gasteiger partial charge in [0.2, 0.25) is 0 Å². The highest BCUT2D eigenvalue weighted by atomic mass is 16.5. The van der Waals surface area contributed by atoms with Gasteiger partial charge in [-0.05, 0) is 24.3 Å². The van der Waals surface area contributed by atoms with Crippen molar-refractivity contribution in [1.29, 1.82) is 0 Å². The molecule has 0 fully saturated rings. The zero-order chi connectivity index (χ0) is 11.5. The van der Waals surface area contributed by atoms with Crippen LogP contribution < -0.4 is 0 Å². The second-order valence-corrected chi connectivity index (χ2v) is 3.17. The zero-order valence-electron chi connectivity index (χ0n) is 8.62. The van der Waals surface area contributed by atoms with E-state index in [1.807, 2.05) is 0 Å². The summed E-state index contributed by atoms with van der Waals surface area (Å²) in [5.74, 6) is -0.392. The Bertz CT molecular complexity index is 557. The molecule has 0 spiro atoms. The van der Waals surface area contributed by atoms with E-state index < -0.39 is 5.97 Å². The van der Waals surface area contributed by atoms with Crippen LogP contribution in [0.3, 0.4) is 0 Å². The summed E-state index contributed by atoms with van der Waals surface area (Å²) in [6, 6.07) is 6.91. The van der Waals surface area contributed by atoms with Gasteiger partial charge in [0.15, 0.2) is 0 Å². The van der Waals surface area contributed by atoms with Gasteiger partial charge in [0, 0.05) is 6.20 Å². The fourth-order valence-corrected chi connectivity index (χ4v) is 1.61. The fraction of sp³-hybridized carbons (Fsp3) is 0.0909. The number of aromatic nitrogens is 1. The van der Waals surface area contributed by atoms with Gasteiger partial charge in [-0.1, -0.05) is 5.16 Å². The number of pyridine rings is 1. The Morgan fingerprint density at radius 1 is 1.50 bits per heavy atom. The Kier molecular flexibility index (Phi) is 2.59. The molecule has 0 bridgehead atoms. The lowest BCUT2D eigenvalue weighted by Crippen LogP contribution is -2.05. The fourth-order valence-electron chi connectivity index (χ4n) is 1.61. The standard InChI is InChI=1S/C11H10N2O3/c1-16-11(14)9-5-4-8(7-12-15)13-6-2-3-10(9)13/h2-7,15H,1H3. The lowest BCUT2D eigenvalue weighted by Gasteiger charge is -2.05. The summed E-state index contributed by atoms with van der Waals surface area (Å²) >= 11 is 0. The molecule has 0 amide bonds. The minimum atomic E-state index is -0.392. The molecule has 0 aliphatic carbocycles. The first-order chi connectivity index (χ1) is 7.77. The molecule has 2 aromatic heterocycles. The van der Waals surface area contributed by atoms with Crippen molar-refractivity contribution < 1.29 is 14.7 Å². The van der Waals surface area contributed by atoms with Crippen molar-refractivity contribution in [3.63, 3.8) is 0 Å². The van der Waals surface area contributed by atoms with Crippen molar-refractivity contribution in [2.24, 2.45) is 5.16 Å². The third-order valence-corrected chi connectivity index (χ3v) is 2.32. The lowest BCUT2D eigenvalue weighted by atomic mass is 10.2.